The van der Waals surface area contributed by atoms with Crippen LogP contribution in [0.1, 0.15) is 50.0 Å². The quantitative estimate of drug-likeness (QED) is 0.0988. The highest BCUT2D eigenvalue weighted by Gasteiger charge is 2.29. The van der Waals surface area contributed by atoms with Gasteiger partial charge in [-0.25, -0.2) is 9.59 Å². The lowest BCUT2D eigenvalue weighted by molar-refractivity contribution is -0.142. The normalized spacial score (nSPS) is 14.8. The van der Waals surface area contributed by atoms with Gasteiger partial charge in [-0.2, -0.15) is 4.98 Å². The minimum Gasteiger partial charge on any atom is -0.481 e. The van der Waals surface area contributed by atoms with Gasteiger partial charge in [-0.05, 0) is 19.8 Å². The molecule has 0 bridgehead atoms. The molecule has 0 saturated heterocycles. The van der Waals surface area contributed by atoms with E-state index in [0.717, 1.165) is 0 Å². The molecule has 0 aliphatic heterocycles. The molecule has 2 amide bonds. The van der Waals surface area contributed by atoms with Crippen LogP contribution in [0.15, 0.2) is 4.52 Å². The number of carboxylic acid groups (broad SMARTS) is 2. The maximum Gasteiger partial charge on any atom is 0.328 e. The lowest BCUT2D eigenvalue weighted by Gasteiger charge is -2.19. The fraction of sp³-hybridized carbons (Fsp3) is 0.600. The van der Waals surface area contributed by atoms with E-state index in [-0.39, 0.29) is 17.7 Å². The lowest BCUT2D eigenvalue weighted by atomic mass is 10.1. The summed E-state index contributed by atoms with van der Waals surface area (Å²) < 4.78 is 5.01. The molecule has 0 radical (unpaired) electrons. The molecule has 1 heterocycles. The van der Waals surface area contributed by atoms with Crippen LogP contribution in [0.2, 0.25) is 0 Å². The first-order valence-corrected chi connectivity index (χ1v) is 8.87. The molecule has 15 heteroatoms. The first-order chi connectivity index (χ1) is 14.0. The molecular formula is C15H26N8O7. The highest BCUT2D eigenvalue weighted by molar-refractivity contribution is 5.83. The number of nitrogens with two attached hydrogens (primary N) is 2. The number of aromatic nitrogens is 2. The van der Waals surface area contributed by atoms with Gasteiger partial charge in [0.05, 0.1) is 18.6 Å². The first-order valence-electron chi connectivity index (χ1n) is 8.87. The molecule has 2 unspecified atom stereocenters. The number of nitrogens with one attached hydrogen (secondary N) is 4. The number of hydrogen-bond donors (Lipinski definition) is 9. The summed E-state index contributed by atoms with van der Waals surface area (Å²) in [4.78, 5) is 38.3. The van der Waals surface area contributed by atoms with Crippen molar-refractivity contribution < 1.29 is 34.2 Å². The third kappa shape index (κ3) is 8.27. The zero-order chi connectivity index (χ0) is 22.8. The van der Waals surface area contributed by atoms with Gasteiger partial charge in [0.1, 0.15) is 6.04 Å². The number of urea groups is 1. The van der Waals surface area contributed by atoms with Crippen molar-refractivity contribution in [3.63, 3.8) is 0 Å². The summed E-state index contributed by atoms with van der Waals surface area (Å²) in [6.07, 6.45) is -1.07. The molecule has 0 saturated carbocycles. The fourth-order valence-electron chi connectivity index (χ4n) is 2.32. The maximum atomic E-state index is 12.1. The molecule has 4 atom stereocenters. The molecule has 0 spiro atoms. The fourth-order valence-corrected chi connectivity index (χ4v) is 2.32. The summed E-state index contributed by atoms with van der Waals surface area (Å²) in [5.74, 6) is -3.08. The molecule has 15 nitrogen and oxygen atoms in total. The highest BCUT2D eigenvalue weighted by atomic mass is 16.5. The van der Waals surface area contributed by atoms with Crippen molar-refractivity contribution in [3.05, 3.63) is 11.7 Å². The van der Waals surface area contributed by atoms with Crippen molar-refractivity contribution in [2.45, 2.75) is 50.4 Å². The largest absolute Gasteiger partial charge is 0.481 e. The number of nitrogens with zero attached hydrogens (tertiary/aromatic N) is 2. The van der Waals surface area contributed by atoms with Crippen molar-refractivity contribution >= 4 is 23.9 Å². The number of amides is 2. The minimum absolute atomic E-state index is 0.0813. The smallest absolute Gasteiger partial charge is 0.328 e. The van der Waals surface area contributed by atoms with Crippen LogP contribution >= 0.6 is 0 Å². The molecule has 168 valence electrons. The Morgan fingerprint density at radius 3 is 2.47 bits per heavy atom. The van der Waals surface area contributed by atoms with Crippen LogP contribution < -0.4 is 27.4 Å². The molecule has 30 heavy (non-hydrogen) atoms. The Morgan fingerprint density at radius 2 is 1.93 bits per heavy atom. The molecule has 1 aromatic rings. The summed E-state index contributed by atoms with van der Waals surface area (Å²) >= 11 is 0. The second-order valence-corrected chi connectivity index (χ2v) is 6.40. The van der Waals surface area contributed by atoms with E-state index >= 15 is 0 Å². The molecule has 1 aromatic heterocycles. The molecule has 0 fully saturated rings. The summed E-state index contributed by atoms with van der Waals surface area (Å²) in [6.45, 7) is 1.58. The van der Waals surface area contributed by atoms with Gasteiger partial charge in [-0.1, -0.05) is 5.16 Å². The van der Waals surface area contributed by atoms with Crippen LogP contribution in [-0.2, 0) is 9.59 Å². The molecule has 1 rings (SSSR count). The standard InChI is InChI=1S/C15H26N8O7/c1-6(24)10(13(27)28)21-15(29)20-8(5-9(25)26)12-22-11(23-30-12)7(16)3-2-4-19-14(17)18/h6-8,10,24H,2-5,16H2,1H3,(H,25,26)(H,27,28)(H4,17,18,19)(H2,20,21,29)/t6?,7-,8-,10?/m0/s1. The zero-order valence-electron chi connectivity index (χ0n) is 16.2. The molecule has 0 aliphatic rings. The van der Waals surface area contributed by atoms with E-state index in [4.69, 9.17) is 31.6 Å². The second-order valence-electron chi connectivity index (χ2n) is 6.40. The molecule has 0 aliphatic carbocycles. The summed E-state index contributed by atoms with van der Waals surface area (Å²) in [6, 6.07) is -4.57. The van der Waals surface area contributed by atoms with E-state index in [1.54, 1.807) is 0 Å². The Morgan fingerprint density at radius 1 is 1.27 bits per heavy atom. The Balaban J connectivity index is 2.79. The van der Waals surface area contributed by atoms with Crippen molar-refractivity contribution in [2.24, 2.45) is 11.5 Å². The van der Waals surface area contributed by atoms with Crippen LogP contribution in [0.4, 0.5) is 4.79 Å². The topological polar surface area (TPSA) is 263 Å². The van der Waals surface area contributed by atoms with Gasteiger partial charge < -0.3 is 47.3 Å². The van der Waals surface area contributed by atoms with Crippen LogP contribution in [0.3, 0.4) is 0 Å². The van der Waals surface area contributed by atoms with Gasteiger partial charge in [-0.3, -0.25) is 10.2 Å². The van der Waals surface area contributed by atoms with Crippen LogP contribution in [0.5, 0.6) is 0 Å². The second kappa shape index (κ2) is 11.5. The average molecular weight is 430 g/mol. The Kier molecular flexibility index (Phi) is 9.44. The molecular weight excluding hydrogens is 404 g/mol. The highest BCUT2D eigenvalue weighted by Crippen LogP contribution is 2.19. The van der Waals surface area contributed by atoms with Crippen LogP contribution in [0, 0.1) is 5.41 Å². The Labute approximate surface area is 170 Å². The lowest BCUT2D eigenvalue weighted by Crippen LogP contribution is -2.51. The van der Waals surface area contributed by atoms with E-state index in [1.165, 1.54) is 6.92 Å². The molecule has 11 N–H and O–H groups in total. The van der Waals surface area contributed by atoms with Crippen molar-refractivity contribution in [3.8, 4) is 0 Å². The number of aliphatic hydroxyl groups is 1. The predicted octanol–water partition coefficient (Wildman–Crippen LogP) is -2.02. The van der Waals surface area contributed by atoms with Gasteiger partial charge >= 0.3 is 18.0 Å². The van der Waals surface area contributed by atoms with Gasteiger partial charge in [0.2, 0.25) is 5.89 Å². The number of aliphatic hydroxyl groups excluding tert-OH is 1. The number of carbonyl (C=O) groups excluding carboxylic acids is 1. The SMILES string of the molecule is CC(O)C(NC(=O)N[C@@H](CC(=O)O)c1nc([C@@H](N)CCCNC(=N)N)no1)C(=O)O. The van der Waals surface area contributed by atoms with E-state index in [1.807, 2.05) is 5.32 Å². The average Bonchev–Trinajstić information content (AvgIpc) is 3.11. The third-order valence-corrected chi connectivity index (χ3v) is 3.81. The Bertz CT molecular complexity index is 753. The number of guanidine groups is 1. The van der Waals surface area contributed by atoms with Crippen molar-refractivity contribution in [2.75, 3.05) is 6.54 Å². The van der Waals surface area contributed by atoms with E-state index < -0.39 is 48.6 Å². The van der Waals surface area contributed by atoms with Gasteiger partial charge in [0, 0.05) is 6.54 Å². The van der Waals surface area contributed by atoms with Gasteiger partial charge in [0.25, 0.3) is 0 Å². The third-order valence-electron chi connectivity index (χ3n) is 3.81. The number of carboxylic acids is 2. The monoisotopic (exact) mass is 430 g/mol. The number of carbonyl (C=O) groups is 3. The van der Waals surface area contributed by atoms with Gasteiger partial charge in [-0.15, -0.1) is 0 Å². The van der Waals surface area contributed by atoms with Crippen LogP contribution in [-0.4, -0.2) is 68.1 Å². The molecule has 0 aromatic carbocycles. The minimum atomic E-state index is -1.61. The Hall–Kier alpha value is -3.46. The predicted molar refractivity (Wildman–Crippen MR) is 100 cm³/mol. The number of aliphatic carboxylic acids is 2. The van der Waals surface area contributed by atoms with Crippen LogP contribution in [0.25, 0.3) is 0 Å². The van der Waals surface area contributed by atoms with E-state index in [2.05, 4.69) is 20.8 Å². The summed E-state index contributed by atoms with van der Waals surface area (Å²) in [5, 5.41) is 45.1. The maximum absolute atomic E-state index is 12.1. The van der Waals surface area contributed by atoms with E-state index in [9.17, 15) is 19.5 Å². The zero-order valence-corrected chi connectivity index (χ0v) is 16.2. The number of hydrogen-bond acceptors (Lipinski definition) is 9. The summed E-state index contributed by atoms with van der Waals surface area (Å²) in [5.41, 5.74) is 11.1. The summed E-state index contributed by atoms with van der Waals surface area (Å²) in [7, 11) is 0. The first kappa shape index (κ1) is 24.6. The van der Waals surface area contributed by atoms with Crippen molar-refractivity contribution in [1.29, 1.82) is 5.41 Å². The van der Waals surface area contributed by atoms with Crippen molar-refractivity contribution in [1.82, 2.24) is 26.1 Å². The van der Waals surface area contributed by atoms with Gasteiger partial charge in [0.15, 0.2) is 17.8 Å². The number of rotatable bonds is 12. The van der Waals surface area contributed by atoms with E-state index in [0.29, 0.717) is 19.4 Å².